The number of para-hydroxylation sites is 2. The van der Waals surface area contributed by atoms with Gasteiger partial charge in [0.2, 0.25) is 0 Å². The standard InChI is InChI=1S/C36H29N2S.C18H24NSi.Ir/c1-21-10-11-23(3)29(18-21)26-12-14-28-30-19-27(13-15-33(30)39-34(28)20-26)36-37-31-8-6-7-9-32(31)38(36)35-24(4)16-22(2)17-25(35)5;1-14(2)11-16-12-17(15-9-7-6-8-10-15)19-13-18(16)20(3,4)5;/h6-12,14-20H,1-5H3;6-9,12-14H,11H2,1-5H3;/q2*-1;/i;11D2;. The molecule has 305 valence electrons. The van der Waals surface area contributed by atoms with Crippen molar-refractivity contribution in [1.82, 2.24) is 14.5 Å². The molecule has 3 nitrogen and oxygen atoms in total. The predicted molar refractivity (Wildman–Crippen MR) is 257 cm³/mol. The molecule has 3 heterocycles. The Morgan fingerprint density at radius 3 is 2.20 bits per heavy atom. The molecule has 0 N–H and O–H groups in total. The number of aryl methyl sites for hydroxylation is 5. The number of aromatic nitrogens is 3. The molecule has 0 amide bonds. The van der Waals surface area contributed by atoms with Crippen molar-refractivity contribution in [2.24, 2.45) is 5.92 Å². The van der Waals surface area contributed by atoms with Gasteiger partial charge in [0.15, 0.2) is 0 Å². The second kappa shape index (κ2) is 17.6. The normalized spacial score (nSPS) is 12.3. The van der Waals surface area contributed by atoms with Crippen LogP contribution in [0.4, 0.5) is 0 Å². The van der Waals surface area contributed by atoms with Gasteiger partial charge >= 0.3 is 0 Å². The van der Waals surface area contributed by atoms with Crippen molar-refractivity contribution in [3.8, 4) is 39.5 Å². The first-order valence-corrected chi connectivity index (χ1v) is 24.8. The van der Waals surface area contributed by atoms with Crippen LogP contribution < -0.4 is 5.19 Å². The molecule has 0 saturated heterocycles. The third-order valence-corrected chi connectivity index (χ3v) is 14.0. The predicted octanol–water partition coefficient (Wildman–Crippen LogP) is 14.4. The summed E-state index contributed by atoms with van der Waals surface area (Å²) in [5, 5.41) is 3.64. The van der Waals surface area contributed by atoms with Crippen molar-refractivity contribution >= 4 is 55.8 Å². The first-order valence-electron chi connectivity index (χ1n) is 21.5. The molecule has 0 unspecified atom stereocenters. The molecule has 6 aromatic carbocycles. The van der Waals surface area contributed by atoms with Crippen LogP contribution in [0.15, 0.2) is 121 Å². The number of pyridine rings is 1. The fraction of sp³-hybridized carbons (Fsp3) is 0.222. The van der Waals surface area contributed by atoms with Crippen molar-refractivity contribution in [2.45, 2.75) is 74.5 Å². The van der Waals surface area contributed by atoms with E-state index in [9.17, 15) is 0 Å². The van der Waals surface area contributed by atoms with Gasteiger partial charge < -0.3 is 9.55 Å². The number of benzene rings is 6. The maximum Gasteiger partial charge on any atom is 0.0798 e. The number of fused-ring (bicyclic) bond motifs is 4. The summed E-state index contributed by atoms with van der Waals surface area (Å²) in [6.45, 7) is 21.5. The van der Waals surface area contributed by atoms with Crippen LogP contribution in [0, 0.1) is 52.7 Å². The van der Waals surface area contributed by atoms with Gasteiger partial charge in [-0.3, -0.25) is 4.98 Å². The van der Waals surface area contributed by atoms with Crippen LogP contribution in [0.3, 0.4) is 0 Å². The summed E-state index contributed by atoms with van der Waals surface area (Å²) < 4.78 is 22.0. The third-order valence-electron chi connectivity index (χ3n) is 10.9. The van der Waals surface area contributed by atoms with E-state index in [1.165, 1.54) is 64.8 Å². The Bertz CT molecular complexity index is 3070. The second-order valence-electron chi connectivity index (χ2n) is 17.2. The largest absolute Gasteiger partial charge is 0.333 e. The Balaban J connectivity index is 0.000000215. The van der Waals surface area contributed by atoms with Crippen LogP contribution >= 0.6 is 11.3 Å². The number of imidazole rings is 1. The number of rotatable bonds is 7. The van der Waals surface area contributed by atoms with Crippen molar-refractivity contribution in [2.75, 3.05) is 0 Å². The molecule has 9 aromatic rings. The molecule has 0 fully saturated rings. The fourth-order valence-corrected chi connectivity index (χ4v) is 10.7. The van der Waals surface area contributed by atoms with E-state index >= 15 is 0 Å². The molecule has 0 atom stereocenters. The molecular weight excluding hydrogens is 943 g/mol. The summed E-state index contributed by atoms with van der Waals surface area (Å²) in [6, 6.07) is 47.3. The molecule has 0 spiro atoms. The molecule has 0 saturated carbocycles. The maximum absolute atomic E-state index is 8.55. The van der Waals surface area contributed by atoms with E-state index < -0.39 is 14.4 Å². The quantitative estimate of drug-likeness (QED) is 0.118. The molecule has 1 radical (unpaired) electrons. The Labute approximate surface area is 377 Å². The van der Waals surface area contributed by atoms with Crippen LogP contribution in [0.1, 0.15) is 50.0 Å². The smallest absolute Gasteiger partial charge is 0.0798 e. The number of thiophene rings is 1. The van der Waals surface area contributed by atoms with Gasteiger partial charge in [-0.2, -0.15) is 11.3 Å². The van der Waals surface area contributed by atoms with Crippen LogP contribution in [0.25, 0.3) is 70.7 Å². The van der Waals surface area contributed by atoms with E-state index in [0.717, 1.165) is 44.4 Å². The van der Waals surface area contributed by atoms with E-state index in [1.807, 2.05) is 61.7 Å². The zero-order chi connectivity index (χ0) is 43.4. The average molecular weight is 998 g/mol. The third kappa shape index (κ3) is 8.76. The Kier molecular flexibility index (Phi) is 11.8. The molecule has 6 heteroatoms. The first-order chi connectivity index (χ1) is 29.0. The summed E-state index contributed by atoms with van der Waals surface area (Å²) in [6.07, 6.45) is 0.528. The van der Waals surface area contributed by atoms with Gasteiger partial charge in [-0.15, -0.1) is 59.7 Å². The summed E-state index contributed by atoms with van der Waals surface area (Å²) in [5.41, 5.74) is 15.8. The molecule has 0 bridgehead atoms. The second-order valence-corrected chi connectivity index (χ2v) is 23.3. The van der Waals surface area contributed by atoms with Crippen LogP contribution in [0.5, 0.6) is 0 Å². The van der Waals surface area contributed by atoms with Crippen molar-refractivity contribution in [3.05, 3.63) is 167 Å². The molecular formula is C54H53IrN3SSi-2. The van der Waals surface area contributed by atoms with Gasteiger partial charge in [0.1, 0.15) is 0 Å². The molecule has 60 heavy (non-hydrogen) atoms. The monoisotopic (exact) mass is 998 g/mol. The van der Waals surface area contributed by atoms with E-state index in [-0.39, 0.29) is 26.0 Å². The SMILES string of the molecule is Cc1cc(C)c(-n2c(-c3[c-]cc4sc5cc(-c6cc(C)ccc6C)ccc5c4c3)nc3ccccc32)c(C)c1.[2H]C([2H])(c1cc(-c2[c-]cccc2)ncc1[Si](C)(C)C)C(C)C.[Ir]. The summed E-state index contributed by atoms with van der Waals surface area (Å²) >= 11 is 1.84. The zero-order valence-electron chi connectivity index (χ0n) is 38.2. The Morgan fingerprint density at radius 1 is 0.733 bits per heavy atom. The molecule has 0 aliphatic carbocycles. The fourth-order valence-electron chi connectivity index (χ4n) is 8.21. The van der Waals surface area contributed by atoms with Gasteiger partial charge in [-0.05, 0) is 114 Å². The van der Waals surface area contributed by atoms with E-state index in [2.05, 4.69) is 161 Å². The minimum absolute atomic E-state index is 0. The number of hydrogen-bond acceptors (Lipinski definition) is 3. The maximum atomic E-state index is 8.55. The van der Waals surface area contributed by atoms with E-state index in [0.29, 0.717) is 0 Å². The van der Waals surface area contributed by atoms with Gasteiger partial charge in [0.25, 0.3) is 0 Å². The molecule has 0 aliphatic rings. The van der Waals surface area contributed by atoms with Gasteiger partial charge in [0, 0.05) is 39.4 Å². The molecule has 0 aliphatic heterocycles. The van der Waals surface area contributed by atoms with Crippen molar-refractivity contribution in [3.63, 3.8) is 0 Å². The topological polar surface area (TPSA) is 30.7 Å². The molecule has 3 aromatic heterocycles. The Morgan fingerprint density at radius 2 is 1.48 bits per heavy atom. The van der Waals surface area contributed by atoms with E-state index in [4.69, 9.17) is 7.73 Å². The van der Waals surface area contributed by atoms with Gasteiger partial charge in [-0.1, -0.05) is 116 Å². The van der Waals surface area contributed by atoms with Crippen molar-refractivity contribution < 1.29 is 22.8 Å². The minimum Gasteiger partial charge on any atom is -0.333 e. The first kappa shape index (κ1) is 40.4. The Hall–Kier alpha value is -4.97. The van der Waals surface area contributed by atoms with Gasteiger partial charge in [-0.25, -0.2) is 0 Å². The number of hydrogen-bond donors (Lipinski definition) is 0. The van der Waals surface area contributed by atoms with Gasteiger partial charge in [0.05, 0.1) is 24.9 Å². The molecule has 9 rings (SSSR count). The zero-order valence-corrected chi connectivity index (χ0v) is 40.4. The summed E-state index contributed by atoms with van der Waals surface area (Å²) in [5.74, 6) is 0.845. The van der Waals surface area contributed by atoms with Crippen LogP contribution in [0.2, 0.25) is 19.6 Å². The number of nitrogens with zero attached hydrogens (tertiary/aromatic N) is 3. The van der Waals surface area contributed by atoms with Crippen LogP contribution in [-0.4, -0.2) is 22.6 Å². The summed E-state index contributed by atoms with van der Waals surface area (Å²) in [7, 11) is -1.67. The van der Waals surface area contributed by atoms with E-state index in [1.54, 1.807) is 0 Å². The minimum atomic E-state index is -1.67. The van der Waals surface area contributed by atoms with Crippen molar-refractivity contribution in [1.29, 1.82) is 0 Å². The average Bonchev–Trinajstić information content (AvgIpc) is 3.79. The summed E-state index contributed by atoms with van der Waals surface area (Å²) in [4.78, 5) is 9.73. The van der Waals surface area contributed by atoms with Crippen LogP contribution in [-0.2, 0) is 26.5 Å².